The third-order valence-corrected chi connectivity index (χ3v) is 6.99. The average Bonchev–Trinajstić information content (AvgIpc) is 3.34. The van der Waals surface area contributed by atoms with E-state index in [4.69, 9.17) is 15.1 Å². The second kappa shape index (κ2) is 6.89. The second-order valence-corrected chi connectivity index (χ2v) is 8.77. The number of thiazole rings is 1. The molecule has 0 bridgehead atoms. The predicted molar refractivity (Wildman–Crippen MR) is 113 cm³/mol. The van der Waals surface area contributed by atoms with E-state index in [0.717, 1.165) is 46.4 Å². The van der Waals surface area contributed by atoms with Crippen LogP contribution in [-0.2, 0) is 0 Å². The molecule has 0 atom stereocenters. The normalized spacial score (nSPS) is 14.5. The highest BCUT2D eigenvalue weighted by molar-refractivity contribution is 7.19. The SMILES string of the molecule is CCC(CC)c1cc(C)nn2c(-c3sc(N(C)C4CC4)nc3C)c(C)nc12. The fraction of sp³-hybridized carbons (Fsp3) is 0.571. The minimum absolute atomic E-state index is 0.517. The Morgan fingerprint density at radius 1 is 1.15 bits per heavy atom. The van der Waals surface area contributed by atoms with Crippen molar-refractivity contribution in [2.24, 2.45) is 0 Å². The first kappa shape index (κ1) is 18.4. The Morgan fingerprint density at radius 3 is 2.48 bits per heavy atom. The number of aryl methyl sites for hydroxylation is 3. The van der Waals surface area contributed by atoms with Gasteiger partial charge in [-0.15, -0.1) is 0 Å². The molecule has 4 rings (SSSR count). The van der Waals surface area contributed by atoms with E-state index in [1.807, 2.05) is 0 Å². The summed E-state index contributed by atoms with van der Waals surface area (Å²) < 4.78 is 2.07. The molecule has 3 heterocycles. The number of imidazole rings is 1. The molecular formula is C21H29N5S. The van der Waals surface area contributed by atoms with Crippen LogP contribution in [0, 0.1) is 20.8 Å². The van der Waals surface area contributed by atoms with Crippen molar-refractivity contribution in [3.05, 3.63) is 28.7 Å². The molecule has 0 saturated heterocycles. The average molecular weight is 384 g/mol. The van der Waals surface area contributed by atoms with Crippen molar-refractivity contribution in [3.8, 4) is 10.6 Å². The van der Waals surface area contributed by atoms with Crippen molar-refractivity contribution in [2.75, 3.05) is 11.9 Å². The highest BCUT2D eigenvalue weighted by Gasteiger charge is 2.29. The number of hydrogen-bond donors (Lipinski definition) is 0. The van der Waals surface area contributed by atoms with Crippen molar-refractivity contribution in [2.45, 2.75) is 72.3 Å². The molecule has 6 heteroatoms. The lowest BCUT2D eigenvalue weighted by atomic mass is 9.95. The third-order valence-electron chi connectivity index (χ3n) is 5.73. The highest BCUT2D eigenvalue weighted by atomic mass is 32.1. The molecule has 1 aliphatic rings. The van der Waals surface area contributed by atoms with Gasteiger partial charge >= 0.3 is 0 Å². The number of fused-ring (bicyclic) bond motifs is 1. The Bertz CT molecular complexity index is 978. The Balaban J connectivity index is 1.89. The van der Waals surface area contributed by atoms with Crippen LogP contribution >= 0.6 is 11.3 Å². The van der Waals surface area contributed by atoms with Gasteiger partial charge in [0.15, 0.2) is 10.8 Å². The standard InChI is InChI=1S/C21H29N5S/c1-7-15(8-2)17-11-12(3)24-26-18(13(4)22-20(17)26)19-14(5)23-21(27-19)25(6)16-9-10-16/h11,15-16H,7-10H2,1-6H3. The van der Waals surface area contributed by atoms with Crippen molar-refractivity contribution >= 4 is 22.1 Å². The molecule has 0 aliphatic heterocycles. The largest absolute Gasteiger partial charge is 0.348 e. The van der Waals surface area contributed by atoms with E-state index in [-0.39, 0.29) is 0 Å². The maximum atomic E-state index is 4.96. The molecule has 3 aromatic heterocycles. The van der Waals surface area contributed by atoms with Crippen LogP contribution in [-0.4, -0.2) is 32.7 Å². The number of nitrogens with zero attached hydrogens (tertiary/aromatic N) is 5. The molecule has 0 N–H and O–H groups in total. The lowest BCUT2D eigenvalue weighted by Crippen LogP contribution is -2.18. The van der Waals surface area contributed by atoms with Crippen LogP contribution in [0.25, 0.3) is 16.2 Å². The van der Waals surface area contributed by atoms with Crippen LogP contribution in [0.15, 0.2) is 6.07 Å². The summed E-state index contributed by atoms with van der Waals surface area (Å²) in [4.78, 5) is 13.3. The summed E-state index contributed by atoms with van der Waals surface area (Å²) in [5, 5.41) is 5.95. The lowest BCUT2D eigenvalue weighted by Gasteiger charge is -2.14. The minimum Gasteiger partial charge on any atom is -0.348 e. The van der Waals surface area contributed by atoms with Crippen molar-refractivity contribution < 1.29 is 0 Å². The molecule has 0 unspecified atom stereocenters. The number of anilines is 1. The zero-order valence-electron chi connectivity index (χ0n) is 17.2. The van der Waals surface area contributed by atoms with Gasteiger partial charge in [0.05, 0.1) is 22.0 Å². The van der Waals surface area contributed by atoms with E-state index in [1.54, 1.807) is 11.3 Å². The van der Waals surface area contributed by atoms with E-state index in [2.05, 4.69) is 57.1 Å². The Kier molecular flexibility index (Phi) is 4.70. The maximum Gasteiger partial charge on any atom is 0.186 e. The second-order valence-electron chi connectivity index (χ2n) is 7.79. The molecule has 0 amide bonds. The van der Waals surface area contributed by atoms with Gasteiger partial charge in [0, 0.05) is 18.7 Å². The Hall–Kier alpha value is -1.95. The molecule has 1 saturated carbocycles. The van der Waals surface area contributed by atoms with Gasteiger partial charge in [0.1, 0.15) is 5.69 Å². The van der Waals surface area contributed by atoms with Crippen LogP contribution in [0.3, 0.4) is 0 Å². The van der Waals surface area contributed by atoms with Crippen molar-refractivity contribution in [1.29, 1.82) is 0 Å². The van der Waals surface area contributed by atoms with Crippen molar-refractivity contribution in [3.63, 3.8) is 0 Å². The topological polar surface area (TPSA) is 46.3 Å². The summed E-state index contributed by atoms with van der Waals surface area (Å²) >= 11 is 1.77. The maximum absolute atomic E-state index is 4.96. The Labute approximate surface area is 165 Å². The van der Waals surface area contributed by atoms with E-state index < -0.39 is 0 Å². The summed E-state index contributed by atoms with van der Waals surface area (Å²) in [6, 6.07) is 2.88. The molecule has 1 aliphatic carbocycles. The van der Waals surface area contributed by atoms with Gasteiger partial charge in [-0.3, -0.25) is 0 Å². The van der Waals surface area contributed by atoms with Crippen LogP contribution < -0.4 is 4.90 Å². The smallest absolute Gasteiger partial charge is 0.186 e. The lowest BCUT2D eigenvalue weighted by molar-refractivity contribution is 0.638. The van der Waals surface area contributed by atoms with Gasteiger partial charge in [0.25, 0.3) is 0 Å². The van der Waals surface area contributed by atoms with Crippen LogP contribution in [0.2, 0.25) is 0 Å². The van der Waals surface area contributed by atoms with Gasteiger partial charge in [0.2, 0.25) is 0 Å². The number of hydrogen-bond acceptors (Lipinski definition) is 5. The summed E-state index contributed by atoms with van der Waals surface area (Å²) in [6.07, 6.45) is 4.79. The Morgan fingerprint density at radius 2 is 1.85 bits per heavy atom. The van der Waals surface area contributed by atoms with E-state index in [9.17, 15) is 0 Å². The molecular weight excluding hydrogens is 354 g/mol. The number of rotatable bonds is 6. The first-order valence-electron chi connectivity index (χ1n) is 10.0. The third kappa shape index (κ3) is 3.14. The number of aromatic nitrogens is 4. The highest BCUT2D eigenvalue weighted by Crippen LogP contribution is 2.40. The molecule has 27 heavy (non-hydrogen) atoms. The zero-order valence-corrected chi connectivity index (χ0v) is 18.0. The fourth-order valence-electron chi connectivity index (χ4n) is 3.94. The molecule has 1 fully saturated rings. The first-order chi connectivity index (χ1) is 12.9. The van der Waals surface area contributed by atoms with Gasteiger partial charge in [-0.25, -0.2) is 14.5 Å². The molecule has 0 radical (unpaired) electrons. The van der Waals surface area contributed by atoms with Gasteiger partial charge < -0.3 is 4.90 Å². The predicted octanol–water partition coefficient (Wildman–Crippen LogP) is 5.28. The van der Waals surface area contributed by atoms with E-state index in [0.29, 0.717) is 12.0 Å². The van der Waals surface area contributed by atoms with Gasteiger partial charge in [-0.05, 0) is 58.4 Å². The molecule has 0 spiro atoms. The molecule has 3 aromatic rings. The zero-order chi connectivity index (χ0) is 19.3. The molecule has 144 valence electrons. The first-order valence-corrected chi connectivity index (χ1v) is 10.8. The van der Waals surface area contributed by atoms with Crippen LogP contribution in [0.4, 0.5) is 5.13 Å². The summed E-state index contributed by atoms with van der Waals surface area (Å²) in [5.74, 6) is 0.517. The fourth-order valence-corrected chi connectivity index (χ4v) is 5.12. The summed E-state index contributed by atoms with van der Waals surface area (Å²) in [7, 11) is 2.16. The molecule has 5 nitrogen and oxygen atoms in total. The van der Waals surface area contributed by atoms with Gasteiger partial charge in [-0.2, -0.15) is 5.10 Å². The summed E-state index contributed by atoms with van der Waals surface area (Å²) in [5.41, 5.74) is 6.57. The van der Waals surface area contributed by atoms with Gasteiger partial charge in [-0.1, -0.05) is 25.2 Å². The quantitative estimate of drug-likeness (QED) is 0.581. The van der Waals surface area contributed by atoms with E-state index >= 15 is 0 Å². The van der Waals surface area contributed by atoms with Crippen LogP contribution in [0.1, 0.15) is 68.1 Å². The minimum atomic E-state index is 0.517. The van der Waals surface area contributed by atoms with E-state index in [1.165, 1.54) is 23.3 Å². The summed E-state index contributed by atoms with van der Waals surface area (Å²) in [6.45, 7) is 10.8. The monoisotopic (exact) mass is 383 g/mol. The van der Waals surface area contributed by atoms with Crippen molar-refractivity contribution in [1.82, 2.24) is 19.6 Å². The molecule has 0 aromatic carbocycles. The van der Waals surface area contributed by atoms with Crippen LogP contribution in [0.5, 0.6) is 0 Å².